The first-order valence-electron chi connectivity index (χ1n) is 8.18. The highest BCUT2D eigenvalue weighted by Gasteiger charge is 2.36. The SMILES string of the molecule is FC(F)(F)c1cccc(-c2cc(C(F)(F)F)n3ncc(-c4cccnc4)c3n2)c1. The lowest BCUT2D eigenvalue weighted by atomic mass is 10.1. The number of alkyl halides is 6. The number of nitrogens with zero attached hydrogens (tertiary/aromatic N) is 4. The molecular weight excluding hydrogens is 398 g/mol. The Balaban J connectivity index is 1.99. The van der Waals surface area contributed by atoms with Crippen LogP contribution in [0.15, 0.2) is 61.1 Å². The molecule has 0 aliphatic heterocycles. The second-order valence-electron chi connectivity index (χ2n) is 6.14. The van der Waals surface area contributed by atoms with E-state index >= 15 is 0 Å². The number of hydrogen-bond donors (Lipinski definition) is 0. The Labute approximate surface area is 159 Å². The van der Waals surface area contributed by atoms with Gasteiger partial charge >= 0.3 is 12.4 Å². The lowest BCUT2D eigenvalue weighted by Crippen LogP contribution is -2.14. The summed E-state index contributed by atoms with van der Waals surface area (Å²) in [5, 5.41) is 3.78. The van der Waals surface area contributed by atoms with E-state index in [-0.39, 0.29) is 22.5 Å². The van der Waals surface area contributed by atoms with Gasteiger partial charge in [-0.3, -0.25) is 4.98 Å². The first-order valence-corrected chi connectivity index (χ1v) is 8.18. The number of aromatic nitrogens is 4. The molecule has 0 atom stereocenters. The van der Waals surface area contributed by atoms with Crippen LogP contribution in [0.3, 0.4) is 0 Å². The molecular formula is C19H10F6N4. The molecule has 0 aliphatic carbocycles. The van der Waals surface area contributed by atoms with E-state index in [1.165, 1.54) is 24.7 Å². The Morgan fingerprint density at radius 1 is 0.793 bits per heavy atom. The number of benzene rings is 1. The van der Waals surface area contributed by atoms with Crippen LogP contribution in [0.2, 0.25) is 0 Å². The molecule has 3 aromatic heterocycles. The largest absolute Gasteiger partial charge is 0.433 e. The van der Waals surface area contributed by atoms with E-state index in [1.54, 1.807) is 12.1 Å². The zero-order chi connectivity index (χ0) is 20.8. The third-order valence-electron chi connectivity index (χ3n) is 4.22. The van der Waals surface area contributed by atoms with Crippen LogP contribution in [0, 0.1) is 0 Å². The van der Waals surface area contributed by atoms with Gasteiger partial charge in [0.25, 0.3) is 0 Å². The van der Waals surface area contributed by atoms with Gasteiger partial charge in [0.2, 0.25) is 0 Å². The standard InChI is InChI=1S/C19H10F6N4/c20-18(21,22)13-5-1-3-11(7-13)15-8-16(19(23,24)25)29-17(28-15)14(10-27-29)12-4-2-6-26-9-12/h1-10H. The van der Waals surface area contributed by atoms with Crippen molar-refractivity contribution < 1.29 is 26.3 Å². The van der Waals surface area contributed by atoms with Crippen molar-refractivity contribution in [2.24, 2.45) is 0 Å². The topological polar surface area (TPSA) is 43.1 Å². The van der Waals surface area contributed by atoms with E-state index in [0.29, 0.717) is 16.1 Å². The van der Waals surface area contributed by atoms with Crippen molar-refractivity contribution in [3.63, 3.8) is 0 Å². The smallest absolute Gasteiger partial charge is 0.264 e. The summed E-state index contributed by atoms with van der Waals surface area (Å²) in [4.78, 5) is 8.11. The van der Waals surface area contributed by atoms with Gasteiger partial charge in [-0.15, -0.1) is 0 Å². The van der Waals surface area contributed by atoms with E-state index in [2.05, 4.69) is 15.1 Å². The van der Waals surface area contributed by atoms with Gasteiger partial charge in [0.1, 0.15) is 0 Å². The van der Waals surface area contributed by atoms with E-state index in [1.807, 2.05) is 0 Å². The Morgan fingerprint density at radius 2 is 1.55 bits per heavy atom. The van der Waals surface area contributed by atoms with Crippen LogP contribution in [-0.2, 0) is 12.4 Å². The lowest BCUT2D eigenvalue weighted by Gasteiger charge is -2.13. The molecule has 4 rings (SSSR count). The summed E-state index contributed by atoms with van der Waals surface area (Å²) in [6.45, 7) is 0. The van der Waals surface area contributed by atoms with Gasteiger partial charge in [0.15, 0.2) is 11.3 Å². The molecule has 0 bridgehead atoms. The molecule has 0 fully saturated rings. The predicted molar refractivity (Wildman–Crippen MR) is 91.7 cm³/mol. The molecule has 148 valence electrons. The summed E-state index contributed by atoms with van der Waals surface area (Å²) in [7, 11) is 0. The highest BCUT2D eigenvalue weighted by Crippen LogP contribution is 2.36. The molecule has 4 aromatic rings. The normalized spacial score (nSPS) is 12.5. The maximum atomic E-state index is 13.6. The third kappa shape index (κ3) is 3.53. The van der Waals surface area contributed by atoms with Crippen molar-refractivity contribution in [3.8, 4) is 22.4 Å². The number of pyridine rings is 1. The van der Waals surface area contributed by atoms with Crippen molar-refractivity contribution in [2.45, 2.75) is 12.4 Å². The van der Waals surface area contributed by atoms with Gasteiger partial charge in [0, 0.05) is 29.1 Å². The minimum atomic E-state index is -4.80. The monoisotopic (exact) mass is 408 g/mol. The van der Waals surface area contributed by atoms with Gasteiger partial charge < -0.3 is 0 Å². The molecule has 0 unspecified atom stereocenters. The second-order valence-corrected chi connectivity index (χ2v) is 6.14. The molecule has 0 amide bonds. The van der Waals surface area contributed by atoms with Crippen LogP contribution in [-0.4, -0.2) is 19.6 Å². The maximum Gasteiger partial charge on any atom is 0.433 e. The van der Waals surface area contributed by atoms with E-state index < -0.39 is 23.6 Å². The number of hydrogen-bond acceptors (Lipinski definition) is 3. The lowest BCUT2D eigenvalue weighted by molar-refractivity contribution is -0.142. The molecule has 0 spiro atoms. The van der Waals surface area contributed by atoms with Gasteiger partial charge in [-0.2, -0.15) is 31.4 Å². The maximum absolute atomic E-state index is 13.6. The molecule has 0 aliphatic rings. The summed E-state index contributed by atoms with van der Waals surface area (Å²) < 4.78 is 80.5. The van der Waals surface area contributed by atoms with Crippen molar-refractivity contribution in [1.82, 2.24) is 19.6 Å². The fraction of sp³-hybridized carbons (Fsp3) is 0.105. The van der Waals surface area contributed by atoms with E-state index in [4.69, 9.17) is 0 Å². The average molecular weight is 408 g/mol. The molecule has 0 N–H and O–H groups in total. The summed E-state index contributed by atoms with van der Waals surface area (Å²) in [5.41, 5.74) is -1.86. The molecule has 0 saturated heterocycles. The van der Waals surface area contributed by atoms with Crippen LogP contribution in [0.25, 0.3) is 28.0 Å². The van der Waals surface area contributed by atoms with Gasteiger partial charge in [-0.25, -0.2) is 9.50 Å². The Bertz CT molecular complexity index is 1180. The highest BCUT2D eigenvalue weighted by molar-refractivity contribution is 5.78. The first kappa shape index (κ1) is 18.9. The third-order valence-corrected chi connectivity index (χ3v) is 4.22. The minimum Gasteiger partial charge on any atom is -0.264 e. The van der Waals surface area contributed by atoms with Crippen LogP contribution in [0.1, 0.15) is 11.3 Å². The number of rotatable bonds is 2. The quantitative estimate of drug-likeness (QED) is 0.412. The Kier molecular flexibility index (Phi) is 4.29. The van der Waals surface area contributed by atoms with Gasteiger partial charge in [-0.1, -0.05) is 18.2 Å². The van der Waals surface area contributed by atoms with Gasteiger partial charge in [-0.05, 0) is 24.3 Å². The van der Waals surface area contributed by atoms with Gasteiger partial charge in [0.05, 0.1) is 17.5 Å². The fourth-order valence-corrected chi connectivity index (χ4v) is 2.89. The second kappa shape index (κ2) is 6.57. The summed E-state index contributed by atoms with van der Waals surface area (Å²) in [5.74, 6) is 0. The van der Waals surface area contributed by atoms with Crippen LogP contribution < -0.4 is 0 Å². The molecule has 10 heteroatoms. The molecule has 29 heavy (non-hydrogen) atoms. The van der Waals surface area contributed by atoms with E-state index in [0.717, 1.165) is 18.2 Å². The minimum absolute atomic E-state index is 0.0915. The summed E-state index contributed by atoms with van der Waals surface area (Å²) >= 11 is 0. The molecule has 0 saturated carbocycles. The highest BCUT2D eigenvalue weighted by atomic mass is 19.4. The number of fused-ring (bicyclic) bond motifs is 1. The zero-order valence-electron chi connectivity index (χ0n) is 14.3. The van der Waals surface area contributed by atoms with Crippen molar-refractivity contribution in [2.75, 3.05) is 0 Å². The molecule has 3 heterocycles. The van der Waals surface area contributed by atoms with Crippen molar-refractivity contribution in [3.05, 3.63) is 72.3 Å². The fourth-order valence-electron chi connectivity index (χ4n) is 2.89. The molecule has 0 radical (unpaired) electrons. The Morgan fingerprint density at radius 3 is 2.21 bits per heavy atom. The van der Waals surface area contributed by atoms with Crippen LogP contribution in [0.5, 0.6) is 0 Å². The summed E-state index contributed by atoms with van der Waals surface area (Å²) in [6, 6.07) is 7.90. The summed E-state index contributed by atoms with van der Waals surface area (Å²) in [6.07, 6.45) is -5.29. The van der Waals surface area contributed by atoms with Crippen molar-refractivity contribution in [1.29, 1.82) is 0 Å². The Hall–Kier alpha value is -3.43. The number of halogens is 6. The predicted octanol–water partition coefficient (Wildman–Crippen LogP) is 5.50. The molecule has 1 aromatic carbocycles. The molecule has 4 nitrogen and oxygen atoms in total. The van der Waals surface area contributed by atoms with Crippen LogP contribution in [0.4, 0.5) is 26.3 Å². The zero-order valence-corrected chi connectivity index (χ0v) is 14.3. The van der Waals surface area contributed by atoms with E-state index in [9.17, 15) is 26.3 Å². The first-order chi connectivity index (χ1) is 13.6. The van der Waals surface area contributed by atoms with Crippen molar-refractivity contribution >= 4 is 5.65 Å². The van der Waals surface area contributed by atoms with Crippen LogP contribution >= 0.6 is 0 Å². The average Bonchev–Trinajstić information content (AvgIpc) is 3.10.